The lowest BCUT2D eigenvalue weighted by atomic mass is 9.98. The average Bonchev–Trinajstić information content (AvgIpc) is 3.17. The molecule has 2 amide bonds. The van der Waals surface area contributed by atoms with Gasteiger partial charge in [-0.05, 0) is 39.0 Å². The highest BCUT2D eigenvalue weighted by Gasteiger charge is 2.43. The number of nitrogens with zero attached hydrogens (tertiary/aromatic N) is 2. The molecule has 5 nitrogen and oxygen atoms in total. The van der Waals surface area contributed by atoms with Gasteiger partial charge >= 0.3 is 0 Å². The Kier molecular flexibility index (Phi) is 3.48. The van der Waals surface area contributed by atoms with E-state index in [-0.39, 0.29) is 17.7 Å². The molecular weight excluding hydrogens is 256 g/mol. The predicted octanol–water partition coefficient (Wildman–Crippen LogP) is 0.761. The van der Waals surface area contributed by atoms with Gasteiger partial charge in [-0.15, -0.1) is 0 Å². The number of aliphatic hydroxyl groups is 1. The van der Waals surface area contributed by atoms with Crippen molar-refractivity contribution in [2.75, 3.05) is 19.6 Å². The van der Waals surface area contributed by atoms with Crippen molar-refractivity contribution in [3.05, 3.63) is 0 Å². The first-order chi connectivity index (χ1) is 9.46. The van der Waals surface area contributed by atoms with Crippen LogP contribution in [0.1, 0.15) is 45.4 Å². The van der Waals surface area contributed by atoms with Crippen LogP contribution in [0.3, 0.4) is 0 Å². The van der Waals surface area contributed by atoms with Crippen molar-refractivity contribution in [2.45, 2.75) is 57.1 Å². The second-order valence-electron chi connectivity index (χ2n) is 6.85. The van der Waals surface area contributed by atoms with Gasteiger partial charge in [0.1, 0.15) is 0 Å². The van der Waals surface area contributed by atoms with Gasteiger partial charge in [-0.25, -0.2) is 0 Å². The van der Waals surface area contributed by atoms with Crippen molar-refractivity contribution in [1.29, 1.82) is 0 Å². The van der Waals surface area contributed by atoms with Crippen molar-refractivity contribution in [1.82, 2.24) is 9.80 Å². The first kappa shape index (κ1) is 13.9. The monoisotopic (exact) mass is 280 g/mol. The molecule has 0 radical (unpaired) electrons. The lowest BCUT2D eigenvalue weighted by Crippen LogP contribution is -2.39. The van der Waals surface area contributed by atoms with E-state index < -0.39 is 5.60 Å². The third kappa shape index (κ3) is 2.82. The highest BCUT2D eigenvalue weighted by atomic mass is 16.3. The van der Waals surface area contributed by atoms with Crippen LogP contribution in [0.15, 0.2) is 0 Å². The maximum absolute atomic E-state index is 12.6. The molecule has 1 N–H and O–H groups in total. The summed E-state index contributed by atoms with van der Waals surface area (Å²) in [6, 6.07) is 0.408. The molecule has 1 saturated carbocycles. The largest absolute Gasteiger partial charge is 0.390 e. The quantitative estimate of drug-likeness (QED) is 0.812. The zero-order valence-electron chi connectivity index (χ0n) is 12.2. The van der Waals surface area contributed by atoms with Crippen molar-refractivity contribution >= 4 is 11.8 Å². The summed E-state index contributed by atoms with van der Waals surface area (Å²) in [6.07, 6.45) is 4.78. The molecule has 0 aromatic heterocycles. The van der Waals surface area contributed by atoms with Gasteiger partial charge in [0.25, 0.3) is 0 Å². The van der Waals surface area contributed by atoms with Crippen LogP contribution in [0, 0.1) is 5.92 Å². The molecule has 112 valence electrons. The number of hydrogen-bond acceptors (Lipinski definition) is 3. The van der Waals surface area contributed by atoms with Crippen molar-refractivity contribution in [3.63, 3.8) is 0 Å². The van der Waals surface area contributed by atoms with Gasteiger partial charge in [-0.3, -0.25) is 9.59 Å². The molecule has 0 aromatic rings. The van der Waals surface area contributed by atoms with Crippen LogP contribution < -0.4 is 0 Å². The molecule has 2 atom stereocenters. The molecule has 2 saturated heterocycles. The fraction of sp³-hybridized carbons (Fsp3) is 0.867. The standard InChI is InChI=1S/C15H24N2O3/c1-15(20)5-2-7-16(8-6-15)14(19)11-9-13(18)17(10-11)12-3-4-12/h11-12,20H,2-10H2,1H3. The van der Waals surface area contributed by atoms with Crippen LogP contribution in [0.4, 0.5) is 0 Å². The van der Waals surface area contributed by atoms with Gasteiger partial charge in [-0.1, -0.05) is 0 Å². The fourth-order valence-electron chi connectivity index (χ4n) is 3.38. The van der Waals surface area contributed by atoms with Crippen LogP contribution in [-0.4, -0.2) is 58.0 Å². The molecule has 3 rings (SSSR count). The maximum atomic E-state index is 12.6. The number of rotatable bonds is 2. The first-order valence-electron chi connectivity index (χ1n) is 7.77. The normalized spacial score (nSPS) is 35.3. The summed E-state index contributed by atoms with van der Waals surface area (Å²) in [5, 5.41) is 10.1. The Hall–Kier alpha value is -1.10. The van der Waals surface area contributed by atoms with Gasteiger partial charge in [0.2, 0.25) is 11.8 Å². The maximum Gasteiger partial charge on any atom is 0.227 e. The number of carbonyl (C=O) groups is 2. The molecule has 0 aromatic carbocycles. The third-order valence-electron chi connectivity index (χ3n) is 4.87. The number of hydrogen-bond donors (Lipinski definition) is 1. The van der Waals surface area contributed by atoms with Crippen molar-refractivity contribution in [2.24, 2.45) is 5.92 Å². The number of amides is 2. The summed E-state index contributed by atoms with van der Waals surface area (Å²) in [6.45, 7) is 3.77. The SMILES string of the molecule is CC1(O)CCCN(C(=O)C2CC(=O)N(C3CC3)C2)CC1. The predicted molar refractivity (Wildman–Crippen MR) is 73.9 cm³/mol. The van der Waals surface area contributed by atoms with E-state index in [2.05, 4.69) is 0 Å². The van der Waals surface area contributed by atoms with E-state index in [9.17, 15) is 14.7 Å². The molecule has 0 spiro atoms. The Morgan fingerprint density at radius 3 is 2.75 bits per heavy atom. The summed E-state index contributed by atoms with van der Waals surface area (Å²) in [7, 11) is 0. The smallest absolute Gasteiger partial charge is 0.227 e. The summed E-state index contributed by atoms with van der Waals surface area (Å²) in [4.78, 5) is 28.3. The van der Waals surface area contributed by atoms with Gasteiger partial charge in [0.05, 0.1) is 11.5 Å². The molecule has 1 aliphatic carbocycles. The Morgan fingerprint density at radius 1 is 1.30 bits per heavy atom. The van der Waals surface area contributed by atoms with Crippen LogP contribution in [0.25, 0.3) is 0 Å². The van der Waals surface area contributed by atoms with Gasteiger partial charge in [0.15, 0.2) is 0 Å². The van der Waals surface area contributed by atoms with E-state index in [1.54, 1.807) is 0 Å². The summed E-state index contributed by atoms with van der Waals surface area (Å²) < 4.78 is 0. The van der Waals surface area contributed by atoms with Crippen LogP contribution in [0.2, 0.25) is 0 Å². The Labute approximate surface area is 119 Å². The van der Waals surface area contributed by atoms with E-state index in [4.69, 9.17) is 0 Å². The topological polar surface area (TPSA) is 60.9 Å². The van der Waals surface area contributed by atoms with Gasteiger partial charge < -0.3 is 14.9 Å². The van der Waals surface area contributed by atoms with E-state index in [1.807, 2.05) is 16.7 Å². The van der Waals surface area contributed by atoms with Gasteiger partial charge in [0, 0.05) is 32.1 Å². The highest BCUT2D eigenvalue weighted by Crippen LogP contribution is 2.33. The fourth-order valence-corrected chi connectivity index (χ4v) is 3.38. The van der Waals surface area contributed by atoms with Crippen LogP contribution >= 0.6 is 0 Å². The van der Waals surface area contributed by atoms with Gasteiger partial charge in [-0.2, -0.15) is 0 Å². The first-order valence-corrected chi connectivity index (χ1v) is 7.77. The Balaban J connectivity index is 1.60. The summed E-state index contributed by atoms with van der Waals surface area (Å²) in [5.74, 6) is 0.0954. The van der Waals surface area contributed by atoms with Crippen LogP contribution in [0.5, 0.6) is 0 Å². The lowest BCUT2D eigenvalue weighted by molar-refractivity contribution is -0.136. The molecular formula is C15H24N2O3. The molecule has 2 unspecified atom stereocenters. The zero-order chi connectivity index (χ0) is 14.3. The third-order valence-corrected chi connectivity index (χ3v) is 4.87. The van der Waals surface area contributed by atoms with Crippen molar-refractivity contribution < 1.29 is 14.7 Å². The minimum Gasteiger partial charge on any atom is -0.390 e. The zero-order valence-corrected chi connectivity index (χ0v) is 12.2. The molecule has 5 heteroatoms. The Morgan fingerprint density at radius 2 is 2.05 bits per heavy atom. The second kappa shape index (κ2) is 5.02. The minimum atomic E-state index is -0.652. The molecule has 2 aliphatic heterocycles. The molecule has 0 bridgehead atoms. The molecule has 2 heterocycles. The number of carbonyl (C=O) groups excluding carboxylic acids is 2. The summed E-state index contributed by atoms with van der Waals surface area (Å²) in [5.41, 5.74) is -0.652. The second-order valence-corrected chi connectivity index (χ2v) is 6.85. The average molecular weight is 280 g/mol. The Bertz CT molecular complexity index is 417. The minimum absolute atomic E-state index is 0.110. The van der Waals surface area contributed by atoms with E-state index in [0.29, 0.717) is 38.5 Å². The molecule has 3 aliphatic rings. The molecule has 20 heavy (non-hydrogen) atoms. The highest BCUT2D eigenvalue weighted by molar-refractivity contribution is 5.89. The van der Waals surface area contributed by atoms with E-state index in [1.165, 1.54) is 0 Å². The van der Waals surface area contributed by atoms with E-state index in [0.717, 1.165) is 25.7 Å². The summed E-state index contributed by atoms with van der Waals surface area (Å²) >= 11 is 0. The van der Waals surface area contributed by atoms with Crippen molar-refractivity contribution in [3.8, 4) is 0 Å². The lowest BCUT2D eigenvalue weighted by Gasteiger charge is -2.25. The van der Waals surface area contributed by atoms with E-state index >= 15 is 0 Å². The molecule has 3 fully saturated rings. The number of likely N-dealkylation sites (tertiary alicyclic amines) is 2. The van der Waals surface area contributed by atoms with Crippen LogP contribution in [-0.2, 0) is 9.59 Å².